The molecule has 0 amide bonds. The fraction of sp³-hybridized carbons (Fsp3) is 0.250. The fourth-order valence-electron chi connectivity index (χ4n) is 0.951. The zero-order valence-corrected chi connectivity index (χ0v) is 7.16. The van der Waals surface area contributed by atoms with Gasteiger partial charge in [0.05, 0.1) is 6.61 Å². The maximum atomic E-state index is 8.84. The zero-order valence-electron chi connectivity index (χ0n) is 6.40. The Morgan fingerprint density at radius 2 is 2.17 bits per heavy atom. The standard InChI is InChI=1S/C8H10ClNO2/c9-7-4-2-1-3-6(7)8(5-11)12-10/h1-4,8,11H,5,10H2. The monoisotopic (exact) mass is 187 g/mol. The fourth-order valence-corrected chi connectivity index (χ4v) is 1.21. The van der Waals surface area contributed by atoms with E-state index in [1.54, 1.807) is 18.2 Å². The molecule has 3 N–H and O–H groups in total. The van der Waals surface area contributed by atoms with Crippen molar-refractivity contribution in [2.24, 2.45) is 5.90 Å². The minimum atomic E-state index is -0.543. The number of aliphatic hydroxyl groups is 1. The van der Waals surface area contributed by atoms with E-state index >= 15 is 0 Å². The highest BCUT2D eigenvalue weighted by Crippen LogP contribution is 2.23. The first kappa shape index (κ1) is 9.48. The van der Waals surface area contributed by atoms with Crippen LogP contribution in [-0.4, -0.2) is 11.7 Å². The Morgan fingerprint density at radius 1 is 1.50 bits per heavy atom. The summed E-state index contributed by atoms with van der Waals surface area (Å²) in [6, 6.07) is 7.09. The summed E-state index contributed by atoms with van der Waals surface area (Å²) in [5, 5.41) is 9.38. The molecule has 0 aliphatic rings. The Hall–Kier alpha value is -0.610. The molecule has 0 heterocycles. The number of hydrogen-bond donors (Lipinski definition) is 2. The average molecular weight is 188 g/mol. The number of aliphatic hydroxyl groups excluding tert-OH is 1. The summed E-state index contributed by atoms with van der Waals surface area (Å²) in [6.07, 6.45) is -0.543. The Balaban J connectivity index is 2.92. The van der Waals surface area contributed by atoms with Crippen molar-refractivity contribution in [2.75, 3.05) is 6.61 Å². The van der Waals surface area contributed by atoms with Gasteiger partial charge in [0.2, 0.25) is 0 Å². The van der Waals surface area contributed by atoms with E-state index in [9.17, 15) is 0 Å². The summed E-state index contributed by atoms with van der Waals surface area (Å²) in [4.78, 5) is 4.53. The lowest BCUT2D eigenvalue weighted by molar-refractivity contribution is 0.0109. The first-order valence-corrected chi connectivity index (χ1v) is 3.88. The number of nitrogens with two attached hydrogens (primary N) is 1. The molecule has 0 saturated carbocycles. The third-order valence-electron chi connectivity index (χ3n) is 1.58. The molecule has 0 bridgehead atoms. The first-order valence-electron chi connectivity index (χ1n) is 3.50. The van der Waals surface area contributed by atoms with Crippen molar-refractivity contribution in [3.63, 3.8) is 0 Å². The Bertz CT molecular complexity index is 251. The molecule has 0 saturated heterocycles. The number of benzene rings is 1. The summed E-state index contributed by atoms with van der Waals surface area (Å²) >= 11 is 5.83. The van der Waals surface area contributed by atoms with Crippen molar-refractivity contribution in [1.82, 2.24) is 0 Å². The molecule has 1 atom stereocenters. The highest BCUT2D eigenvalue weighted by molar-refractivity contribution is 6.31. The van der Waals surface area contributed by atoms with Crippen LogP contribution in [0.15, 0.2) is 24.3 Å². The van der Waals surface area contributed by atoms with Gasteiger partial charge in [0.25, 0.3) is 0 Å². The zero-order chi connectivity index (χ0) is 8.97. The second-order valence-corrected chi connectivity index (χ2v) is 2.74. The van der Waals surface area contributed by atoms with E-state index in [-0.39, 0.29) is 6.61 Å². The molecule has 12 heavy (non-hydrogen) atoms. The topological polar surface area (TPSA) is 55.5 Å². The molecular weight excluding hydrogens is 178 g/mol. The number of halogens is 1. The predicted molar refractivity (Wildman–Crippen MR) is 46.6 cm³/mol. The molecule has 1 aromatic carbocycles. The third-order valence-corrected chi connectivity index (χ3v) is 1.93. The van der Waals surface area contributed by atoms with Crippen molar-refractivity contribution in [1.29, 1.82) is 0 Å². The summed E-state index contributed by atoms with van der Waals surface area (Å²) in [7, 11) is 0. The molecule has 1 unspecified atom stereocenters. The molecule has 0 fully saturated rings. The molecule has 0 radical (unpaired) electrons. The molecule has 1 rings (SSSR count). The molecule has 0 aromatic heterocycles. The molecule has 66 valence electrons. The van der Waals surface area contributed by atoms with Crippen molar-refractivity contribution in [3.05, 3.63) is 34.9 Å². The lowest BCUT2D eigenvalue weighted by Crippen LogP contribution is -2.13. The maximum Gasteiger partial charge on any atom is 0.128 e. The van der Waals surface area contributed by atoms with Crippen molar-refractivity contribution in [3.8, 4) is 0 Å². The van der Waals surface area contributed by atoms with E-state index in [2.05, 4.69) is 4.84 Å². The minimum absolute atomic E-state index is 0.180. The highest BCUT2D eigenvalue weighted by atomic mass is 35.5. The molecule has 4 heteroatoms. The molecule has 0 aliphatic carbocycles. The molecule has 3 nitrogen and oxygen atoms in total. The lowest BCUT2D eigenvalue weighted by Gasteiger charge is -2.12. The van der Waals surface area contributed by atoms with Crippen LogP contribution in [0.4, 0.5) is 0 Å². The van der Waals surface area contributed by atoms with Gasteiger partial charge in [-0.3, -0.25) is 4.84 Å². The van der Waals surface area contributed by atoms with Crippen LogP contribution >= 0.6 is 11.6 Å². The van der Waals surface area contributed by atoms with Crippen LogP contribution in [0.5, 0.6) is 0 Å². The van der Waals surface area contributed by atoms with E-state index in [1.165, 1.54) is 0 Å². The molecule has 1 aromatic rings. The van der Waals surface area contributed by atoms with E-state index in [4.69, 9.17) is 22.6 Å². The van der Waals surface area contributed by atoms with Crippen LogP contribution in [0.25, 0.3) is 0 Å². The second kappa shape index (κ2) is 4.42. The van der Waals surface area contributed by atoms with Crippen molar-refractivity contribution >= 4 is 11.6 Å². The van der Waals surface area contributed by atoms with Gasteiger partial charge in [-0.1, -0.05) is 29.8 Å². The van der Waals surface area contributed by atoms with Crippen LogP contribution in [0.2, 0.25) is 5.02 Å². The summed E-state index contributed by atoms with van der Waals surface area (Å²) in [6.45, 7) is -0.180. The first-order chi connectivity index (χ1) is 5.79. The molecule has 0 spiro atoms. The van der Waals surface area contributed by atoms with Crippen LogP contribution in [-0.2, 0) is 4.84 Å². The highest BCUT2D eigenvalue weighted by Gasteiger charge is 2.12. The van der Waals surface area contributed by atoms with Crippen molar-refractivity contribution in [2.45, 2.75) is 6.10 Å². The Morgan fingerprint density at radius 3 is 2.67 bits per heavy atom. The largest absolute Gasteiger partial charge is 0.393 e. The van der Waals surface area contributed by atoms with E-state index in [0.29, 0.717) is 10.6 Å². The van der Waals surface area contributed by atoms with E-state index < -0.39 is 6.10 Å². The van der Waals surface area contributed by atoms with Gasteiger partial charge in [-0.15, -0.1) is 0 Å². The summed E-state index contributed by atoms with van der Waals surface area (Å²) in [5.41, 5.74) is 0.698. The predicted octanol–water partition coefficient (Wildman–Crippen LogP) is 1.26. The average Bonchev–Trinajstić information content (AvgIpc) is 2.10. The van der Waals surface area contributed by atoms with Crippen LogP contribution in [0, 0.1) is 0 Å². The summed E-state index contributed by atoms with van der Waals surface area (Å²) < 4.78 is 0. The van der Waals surface area contributed by atoms with Gasteiger partial charge in [0.15, 0.2) is 0 Å². The SMILES string of the molecule is NOC(CO)c1ccccc1Cl. The maximum absolute atomic E-state index is 8.84. The van der Waals surface area contributed by atoms with Gasteiger partial charge < -0.3 is 5.11 Å². The lowest BCUT2D eigenvalue weighted by atomic mass is 10.1. The Labute approximate surface area is 75.7 Å². The van der Waals surface area contributed by atoms with Gasteiger partial charge in [0, 0.05) is 10.6 Å². The quantitative estimate of drug-likeness (QED) is 0.701. The van der Waals surface area contributed by atoms with Crippen molar-refractivity contribution < 1.29 is 9.94 Å². The van der Waals surface area contributed by atoms with Crippen LogP contribution in [0.1, 0.15) is 11.7 Å². The van der Waals surface area contributed by atoms with E-state index in [1.807, 2.05) is 6.07 Å². The molecular formula is C8H10ClNO2. The minimum Gasteiger partial charge on any atom is -0.393 e. The van der Waals surface area contributed by atoms with Gasteiger partial charge in [-0.25, -0.2) is 5.90 Å². The normalized spacial score (nSPS) is 12.9. The van der Waals surface area contributed by atoms with E-state index in [0.717, 1.165) is 0 Å². The van der Waals surface area contributed by atoms with Gasteiger partial charge in [0.1, 0.15) is 6.10 Å². The van der Waals surface area contributed by atoms with Crippen LogP contribution < -0.4 is 5.90 Å². The molecule has 0 aliphatic heterocycles. The van der Waals surface area contributed by atoms with Gasteiger partial charge in [-0.05, 0) is 6.07 Å². The smallest absolute Gasteiger partial charge is 0.128 e. The third kappa shape index (κ3) is 1.95. The van der Waals surface area contributed by atoms with Gasteiger partial charge in [-0.2, -0.15) is 0 Å². The van der Waals surface area contributed by atoms with Crippen LogP contribution in [0.3, 0.4) is 0 Å². The Kier molecular flexibility index (Phi) is 3.49. The second-order valence-electron chi connectivity index (χ2n) is 2.33. The number of rotatable bonds is 3. The number of hydrogen-bond acceptors (Lipinski definition) is 3. The summed E-state index contributed by atoms with van der Waals surface area (Å²) in [5.74, 6) is 4.97. The van der Waals surface area contributed by atoms with Gasteiger partial charge >= 0.3 is 0 Å².